The van der Waals surface area contributed by atoms with Gasteiger partial charge in [-0.3, -0.25) is 0 Å². The van der Waals surface area contributed by atoms with Crippen molar-refractivity contribution in [3.63, 3.8) is 0 Å². The molecular formula is C17H16ClN3O2S. The van der Waals surface area contributed by atoms with Crippen LogP contribution in [-0.4, -0.2) is 27.6 Å². The monoisotopic (exact) mass is 361 g/mol. The summed E-state index contributed by atoms with van der Waals surface area (Å²) in [6.07, 6.45) is 2.29. The van der Waals surface area contributed by atoms with Crippen LogP contribution in [0.15, 0.2) is 18.2 Å². The maximum Gasteiger partial charge on any atom is 0.347 e. The second-order valence-corrected chi connectivity index (χ2v) is 7.44. The lowest BCUT2D eigenvalue weighted by Gasteiger charge is -2.06. The van der Waals surface area contributed by atoms with E-state index in [0.717, 1.165) is 35.1 Å². The first kappa shape index (κ1) is 15.6. The molecule has 1 unspecified atom stereocenters. The minimum atomic E-state index is -0.945. The number of nitrogens with zero attached hydrogens (tertiary/aromatic N) is 1. The average Bonchev–Trinajstić information content (AvgIpc) is 3.25. The maximum atomic E-state index is 11.2. The summed E-state index contributed by atoms with van der Waals surface area (Å²) in [4.78, 5) is 19.3. The van der Waals surface area contributed by atoms with E-state index in [1.54, 1.807) is 6.92 Å². The first-order valence-corrected chi connectivity index (χ1v) is 8.99. The molecule has 0 amide bonds. The summed E-state index contributed by atoms with van der Waals surface area (Å²) in [5.74, 6) is -0.945. The number of nitrogens with one attached hydrogen (secondary N) is 2. The van der Waals surface area contributed by atoms with Gasteiger partial charge >= 0.3 is 5.97 Å². The number of benzene rings is 1. The Morgan fingerprint density at radius 3 is 2.92 bits per heavy atom. The molecule has 124 valence electrons. The Balaban J connectivity index is 1.79. The van der Waals surface area contributed by atoms with Gasteiger partial charge in [0.25, 0.3) is 0 Å². The summed E-state index contributed by atoms with van der Waals surface area (Å²) in [6, 6.07) is 6.32. The number of hydrogen-bond donors (Lipinski definition) is 3. The van der Waals surface area contributed by atoms with Gasteiger partial charge in [0, 0.05) is 22.7 Å². The molecule has 0 aliphatic carbocycles. The number of carboxylic acids is 1. The standard InChI is InChI=1S/C17H16ClN3O2S/c1-8-15(17(22)23)24-16(20-8)10-5-9-7-13(12-3-2-4-19-12)21-14(9)11(18)6-10/h5-7,12,19,21H,2-4H2,1H3,(H,22,23). The highest BCUT2D eigenvalue weighted by molar-refractivity contribution is 7.17. The molecule has 0 bridgehead atoms. The number of H-pyrrole nitrogens is 1. The Labute approximate surface area is 147 Å². The smallest absolute Gasteiger partial charge is 0.347 e. The maximum absolute atomic E-state index is 11.2. The molecule has 1 fully saturated rings. The molecule has 1 aromatic carbocycles. The van der Waals surface area contributed by atoms with Crippen molar-refractivity contribution in [2.45, 2.75) is 25.8 Å². The Kier molecular flexibility index (Phi) is 3.83. The Morgan fingerprint density at radius 2 is 2.25 bits per heavy atom. The number of aryl methyl sites for hydroxylation is 1. The van der Waals surface area contributed by atoms with Gasteiger partial charge in [-0.05, 0) is 44.5 Å². The van der Waals surface area contributed by atoms with E-state index in [4.69, 9.17) is 11.6 Å². The molecule has 0 spiro atoms. The van der Waals surface area contributed by atoms with Crippen molar-refractivity contribution >= 4 is 39.8 Å². The second kappa shape index (κ2) is 5.88. The second-order valence-electron chi connectivity index (χ2n) is 6.03. The molecule has 3 aromatic rings. The summed E-state index contributed by atoms with van der Waals surface area (Å²) >= 11 is 7.63. The lowest BCUT2D eigenvalue weighted by atomic mass is 10.1. The SMILES string of the molecule is Cc1nc(-c2cc(Cl)c3[nH]c(C4CCCN4)cc3c2)sc1C(=O)O. The molecule has 5 nitrogen and oxygen atoms in total. The van der Waals surface area contributed by atoms with Gasteiger partial charge in [-0.2, -0.15) is 0 Å². The fraction of sp³-hybridized carbons (Fsp3) is 0.294. The molecule has 1 saturated heterocycles. The van der Waals surface area contributed by atoms with Gasteiger partial charge in [-0.25, -0.2) is 9.78 Å². The zero-order valence-electron chi connectivity index (χ0n) is 13.0. The molecule has 24 heavy (non-hydrogen) atoms. The molecule has 0 radical (unpaired) electrons. The van der Waals surface area contributed by atoms with Gasteiger partial charge in [0.1, 0.15) is 9.88 Å². The van der Waals surface area contributed by atoms with E-state index in [1.165, 1.54) is 17.8 Å². The first-order chi connectivity index (χ1) is 11.5. The highest BCUT2D eigenvalue weighted by Crippen LogP contribution is 2.35. The minimum absolute atomic E-state index is 0.270. The van der Waals surface area contributed by atoms with Crippen molar-refractivity contribution in [3.8, 4) is 10.6 Å². The van der Waals surface area contributed by atoms with Crippen molar-refractivity contribution in [2.75, 3.05) is 6.54 Å². The van der Waals surface area contributed by atoms with Gasteiger partial charge in [0.05, 0.1) is 16.2 Å². The summed E-state index contributed by atoms with van der Waals surface area (Å²) in [7, 11) is 0. The molecule has 2 aromatic heterocycles. The Morgan fingerprint density at radius 1 is 1.42 bits per heavy atom. The quantitative estimate of drug-likeness (QED) is 0.647. The highest BCUT2D eigenvalue weighted by atomic mass is 35.5. The van der Waals surface area contributed by atoms with Crippen LogP contribution in [0.2, 0.25) is 5.02 Å². The molecule has 3 N–H and O–H groups in total. The number of carboxylic acid groups (broad SMARTS) is 1. The summed E-state index contributed by atoms with van der Waals surface area (Å²) in [5.41, 5.74) is 3.43. The lowest BCUT2D eigenvalue weighted by molar-refractivity contribution is 0.0701. The number of aromatic carboxylic acids is 1. The summed E-state index contributed by atoms with van der Waals surface area (Å²) < 4.78 is 0. The van der Waals surface area contributed by atoms with Crippen molar-refractivity contribution in [2.24, 2.45) is 0 Å². The van der Waals surface area contributed by atoms with E-state index in [2.05, 4.69) is 21.4 Å². The number of aromatic nitrogens is 2. The number of carbonyl (C=O) groups is 1. The normalized spacial score (nSPS) is 17.7. The third-order valence-electron chi connectivity index (χ3n) is 4.37. The van der Waals surface area contributed by atoms with Crippen molar-refractivity contribution in [1.29, 1.82) is 0 Å². The molecule has 4 rings (SSSR count). The largest absolute Gasteiger partial charge is 0.477 e. The van der Waals surface area contributed by atoms with E-state index in [9.17, 15) is 9.90 Å². The topological polar surface area (TPSA) is 78.0 Å². The van der Waals surface area contributed by atoms with Gasteiger partial charge in [-0.1, -0.05) is 11.6 Å². The van der Waals surface area contributed by atoms with Gasteiger partial charge in [0.2, 0.25) is 0 Å². The van der Waals surface area contributed by atoms with Gasteiger partial charge in [-0.15, -0.1) is 11.3 Å². The van der Waals surface area contributed by atoms with Crippen molar-refractivity contribution in [1.82, 2.24) is 15.3 Å². The van der Waals surface area contributed by atoms with Crippen LogP contribution in [0, 0.1) is 6.92 Å². The number of hydrogen-bond acceptors (Lipinski definition) is 4. The Bertz CT molecular complexity index is 941. The molecule has 7 heteroatoms. The highest BCUT2D eigenvalue weighted by Gasteiger charge is 2.20. The lowest BCUT2D eigenvalue weighted by Crippen LogP contribution is -2.12. The molecule has 1 aliphatic rings. The fourth-order valence-electron chi connectivity index (χ4n) is 3.20. The third-order valence-corrected chi connectivity index (χ3v) is 5.87. The number of aromatic amines is 1. The minimum Gasteiger partial charge on any atom is -0.477 e. The Hall–Kier alpha value is -1.89. The molecular weight excluding hydrogens is 346 g/mol. The van der Waals surface area contributed by atoms with Crippen molar-refractivity contribution < 1.29 is 9.90 Å². The summed E-state index contributed by atoms with van der Waals surface area (Å²) in [6.45, 7) is 2.75. The number of fused-ring (bicyclic) bond motifs is 1. The average molecular weight is 362 g/mol. The van der Waals surface area contributed by atoms with Crippen LogP contribution < -0.4 is 5.32 Å². The molecule has 1 atom stereocenters. The van der Waals surface area contributed by atoms with Crippen LogP contribution in [0.5, 0.6) is 0 Å². The van der Waals surface area contributed by atoms with Crippen LogP contribution in [0.3, 0.4) is 0 Å². The first-order valence-electron chi connectivity index (χ1n) is 7.79. The van der Waals surface area contributed by atoms with E-state index < -0.39 is 5.97 Å². The fourth-order valence-corrected chi connectivity index (χ4v) is 4.37. The van der Waals surface area contributed by atoms with Crippen LogP contribution in [-0.2, 0) is 0 Å². The van der Waals surface area contributed by atoms with Crippen LogP contribution >= 0.6 is 22.9 Å². The van der Waals surface area contributed by atoms with Crippen LogP contribution in [0.4, 0.5) is 0 Å². The van der Waals surface area contributed by atoms with Gasteiger partial charge < -0.3 is 15.4 Å². The van der Waals surface area contributed by atoms with Crippen molar-refractivity contribution in [3.05, 3.63) is 39.5 Å². The zero-order chi connectivity index (χ0) is 16.8. The third kappa shape index (κ3) is 2.60. The van der Waals surface area contributed by atoms with E-state index in [0.29, 0.717) is 21.8 Å². The summed E-state index contributed by atoms with van der Waals surface area (Å²) in [5, 5.41) is 15.0. The number of thiazole rings is 1. The molecule has 0 saturated carbocycles. The molecule has 1 aliphatic heterocycles. The molecule has 3 heterocycles. The number of rotatable bonds is 3. The van der Waals surface area contributed by atoms with E-state index in [1.807, 2.05) is 12.1 Å². The van der Waals surface area contributed by atoms with Crippen LogP contribution in [0.25, 0.3) is 21.5 Å². The predicted octanol–water partition coefficient (Wildman–Crippen LogP) is 4.38. The van der Waals surface area contributed by atoms with Gasteiger partial charge in [0.15, 0.2) is 0 Å². The zero-order valence-corrected chi connectivity index (χ0v) is 14.6. The van der Waals surface area contributed by atoms with E-state index in [-0.39, 0.29) is 4.88 Å². The predicted molar refractivity (Wildman–Crippen MR) is 96.1 cm³/mol. The number of halogens is 1. The van der Waals surface area contributed by atoms with Crippen LogP contribution in [0.1, 0.15) is 39.9 Å². The van der Waals surface area contributed by atoms with E-state index >= 15 is 0 Å².